The number of aliphatic hydroxyl groups excluding tert-OH is 2. The van der Waals surface area contributed by atoms with Crippen LogP contribution in [0.3, 0.4) is 0 Å². The lowest BCUT2D eigenvalue weighted by molar-refractivity contribution is -0.260. The Kier molecular flexibility index (Phi) is 4.90. The molecule has 4 aliphatic carbocycles. The molecule has 0 aromatic rings. The third-order valence-electron chi connectivity index (χ3n) is 10.9. The van der Waals surface area contributed by atoms with Gasteiger partial charge in [0.15, 0.2) is 11.6 Å². The van der Waals surface area contributed by atoms with Crippen LogP contribution in [0.15, 0.2) is 0 Å². The van der Waals surface area contributed by atoms with Gasteiger partial charge in [0, 0.05) is 30.8 Å². The fourth-order valence-electron chi connectivity index (χ4n) is 9.68. The first-order valence-corrected chi connectivity index (χ1v) is 12.7. The first-order chi connectivity index (χ1) is 14.9. The van der Waals surface area contributed by atoms with Gasteiger partial charge in [-0.2, -0.15) is 0 Å². The zero-order valence-electron chi connectivity index (χ0n) is 19.2. The Bertz CT molecular complexity index is 700. The number of aliphatic hydroxyl groups is 2. The monoisotopic (exact) mass is 436 g/mol. The summed E-state index contributed by atoms with van der Waals surface area (Å²) in [6.45, 7) is 7.29. The van der Waals surface area contributed by atoms with E-state index in [1.165, 1.54) is 6.42 Å². The molecule has 0 aromatic carbocycles. The van der Waals surface area contributed by atoms with Crippen molar-refractivity contribution in [1.82, 2.24) is 0 Å². The quantitative estimate of drug-likeness (QED) is 0.693. The smallest absolute Gasteiger partial charge is 0.169 e. The van der Waals surface area contributed by atoms with Crippen molar-refractivity contribution in [2.75, 3.05) is 33.0 Å². The van der Waals surface area contributed by atoms with Gasteiger partial charge in [0.25, 0.3) is 0 Å². The highest BCUT2D eigenvalue weighted by atomic mass is 16.7. The Morgan fingerprint density at radius 3 is 2.26 bits per heavy atom. The van der Waals surface area contributed by atoms with Gasteiger partial charge in [0.1, 0.15) is 0 Å². The summed E-state index contributed by atoms with van der Waals surface area (Å²) in [6.07, 6.45) is 7.69. The highest BCUT2D eigenvalue weighted by molar-refractivity contribution is 5.15. The van der Waals surface area contributed by atoms with Gasteiger partial charge in [-0.3, -0.25) is 0 Å². The Hall–Kier alpha value is -0.240. The van der Waals surface area contributed by atoms with Crippen LogP contribution in [-0.4, -0.2) is 60.9 Å². The normalized spacial score (nSPS) is 52.6. The summed E-state index contributed by atoms with van der Waals surface area (Å²) < 4.78 is 24.3. The molecule has 6 heteroatoms. The number of rotatable bonds is 2. The Morgan fingerprint density at radius 2 is 1.55 bits per heavy atom. The molecule has 2 aliphatic heterocycles. The summed E-state index contributed by atoms with van der Waals surface area (Å²) in [5.74, 6) is 0.892. The topological polar surface area (TPSA) is 77.4 Å². The van der Waals surface area contributed by atoms with Gasteiger partial charge >= 0.3 is 0 Å². The molecule has 0 aromatic heterocycles. The molecule has 0 radical (unpaired) electrons. The molecule has 2 heterocycles. The maximum absolute atomic E-state index is 11.7. The predicted octanol–water partition coefficient (Wildman–Crippen LogP) is 3.09. The van der Waals surface area contributed by atoms with Crippen molar-refractivity contribution < 1.29 is 29.2 Å². The molecule has 31 heavy (non-hydrogen) atoms. The van der Waals surface area contributed by atoms with E-state index in [4.69, 9.17) is 18.9 Å². The van der Waals surface area contributed by atoms with Crippen molar-refractivity contribution in [2.45, 2.75) is 82.9 Å². The van der Waals surface area contributed by atoms with E-state index in [1.807, 2.05) is 0 Å². The van der Waals surface area contributed by atoms with Crippen LogP contribution in [0.5, 0.6) is 0 Å². The van der Waals surface area contributed by atoms with Gasteiger partial charge in [0.2, 0.25) is 0 Å². The van der Waals surface area contributed by atoms with Crippen LogP contribution in [0, 0.1) is 40.4 Å². The van der Waals surface area contributed by atoms with Gasteiger partial charge in [-0.1, -0.05) is 6.92 Å². The fourth-order valence-corrected chi connectivity index (χ4v) is 9.68. The fraction of sp³-hybridized carbons (Fsp3) is 1.00. The molecule has 0 bridgehead atoms. The minimum Gasteiger partial charge on any atom is -0.396 e. The predicted molar refractivity (Wildman–Crippen MR) is 113 cm³/mol. The van der Waals surface area contributed by atoms with Crippen molar-refractivity contribution in [3.05, 3.63) is 0 Å². The average Bonchev–Trinajstić information content (AvgIpc) is 3.48. The Morgan fingerprint density at radius 1 is 0.839 bits per heavy atom. The molecule has 0 amide bonds. The summed E-state index contributed by atoms with van der Waals surface area (Å²) in [4.78, 5) is 0. The second-order valence-electron chi connectivity index (χ2n) is 11.9. The van der Waals surface area contributed by atoms with Gasteiger partial charge in [-0.25, -0.2) is 0 Å². The minimum atomic E-state index is -0.625. The van der Waals surface area contributed by atoms with E-state index in [2.05, 4.69) is 13.8 Å². The largest absolute Gasteiger partial charge is 0.396 e. The summed E-state index contributed by atoms with van der Waals surface area (Å²) in [6, 6.07) is 0. The van der Waals surface area contributed by atoms with Gasteiger partial charge in [-0.15, -0.1) is 0 Å². The molecule has 6 fully saturated rings. The zero-order valence-corrected chi connectivity index (χ0v) is 19.2. The van der Waals surface area contributed by atoms with Gasteiger partial charge < -0.3 is 29.2 Å². The Balaban J connectivity index is 1.30. The summed E-state index contributed by atoms with van der Waals surface area (Å²) in [7, 11) is 0. The summed E-state index contributed by atoms with van der Waals surface area (Å²) in [5.41, 5.74) is -0.177. The van der Waals surface area contributed by atoms with Crippen LogP contribution in [0.4, 0.5) is 0 Å². The van der Waals surface area contributed by atoms with E-state index < -0.39 is 5.79 Å². The number of hydrogen-bond acceptors (Lipinski definition) is 6. The molecular weight excluding hydrogens is 396 g/mol. The van der Waals surface area contributed by atoms with Crippen molar-refractivity contribution >= 4 is 0 Å². The molecule has 6 rings (SSSR count). The second-order valence-corrected chi connectivity index (χ2v) is 11.9. The van der Waals surface area contributed by atoms with E-state index in [-0.39, 0.29) is 35.2 Å². The van der Waals surface area contributed by atoms with Gasteiger partial charge in [-0.05, 0) is 74.5 Å². The second kappa shape index (κ2) is 7.13. The van der Waals surface area contributed by atoms with Crippen molar-refractivity contribution in [3.8, 4) is 0 Å². The van der Waals surface area contributed by atoms with E-state index in [1.54, 1.807) is 0 Å². The molecule has 6 aliphatic rings. The van der Waals surface area contributed by atoms with Crippen LogP contribution in [-0.2, 0) is 18.9 Å². The molecule has 2 saturated heterocycles. The van der Waals surface area contributed by atoms with Crippen molar-refractivity contribution in [3.63, 3.8) is 0 Å². The lowest BCUT2D eigenvalue weighted by Crippen LogP contribution is -2.62. The van der Waals surface area contributed by atoms with Gasteiger partial charge in [0.05, 0.1) is 32.5 Å². The Labute approximate surface area is 186 Å². The first kappa shape index (κ1) is 21.3. The van der Waals surface area contributed by atoms with E-state index in [0.717, 1.165) is 38.5 Å². The number of fused-ring (bicyclic) bond motifs is 5. The van der Waals surface area contributed by atoms with E-state index >= 15 is 0 Å². The lowest BCUT2D eigenvalue weighted by atomic mass is 9.43. The van der Waals surface area contributed by atoms with Crippen LogP contribution in [0.1, 0.15) is 65.2 Å². The third-order valence-corrected chi connectivity index (χ3v) is 10.9. The molecule has 4 saturated carbocycles. The zero-order chi connectivity index (χ0) is 21.5. The van der Waals surface area contributed by atoms with Crippen LogP contribution < -0.4 is 0 Å². The minimum absolute atomic E-state index is 0.118. The highest BCUT2D eigenvalue weighted by Gasteiger charge is 2.68. The standard InChI is InChI=1S/C25H40O6/c1-22-7-8-25(30-11-12-31-25)13-16(22)3-4-17-18-5-6-20(23(2)28-9-10-29-23)24(18,15-26)14-19(27)21(17)22/h16-21,26-27H,3-15H2,1-2H3/t16-,17+,18+,19+,20-,21-,22-,24+/m0/s1. The molecular formula is C25H40O6. The lowest BCUT2D eigenvalue weighted by Gasteiger charge is -2.63. The van der Waals surface area contributed by atoms with Crippen LogP contribution >= 0.6 is 0 Å². The maximum atomic E-state index is 11.7. The van der Waals surface area contributed by atoms with Crippen molar-refractivity contribution in [2.24, 2.45) is 40.4 Å². The summed E-state index contributed by atoms with van der Waals surface area (Å²) in [5, 5.41) is 22.5. The molecule has 176 valence electrons. The molecule has 6 nitrogen and oxygen atoms in total. The van der Waals surface area contributed by atoms with Crippen LogP contribution in [0.2, 0.25) is 0 Å². The maximum Gasteiger partial charge on any atom is 0.169 e. The molecule has 0 unspecified atom stereocenters. The SMILES string of the molecule is CC1([C@@H]2CC[C@@H]3[C@H]4CC[C@H]5CC6(CC[C@]5(C)[C@@H]4[C@H](O)C[C@@]32CO)OCCO6)OCCO1. The number of ether oxygens (including phenoxy) is 4. The van der Waals surface area contributed by atoms with E-state index in [9.17, 15) is 10.2 Å². The number of hydrogen-bond donors (Lipinski definition) is 2. The molecule has 1 spiro atoms. The molecule has 2 N–H and O–H groups in total. The first-order valence-electron chi connectivity index (χ1n) is 12.7. The average molecular weight is 437 g/mol. The third kappa shape index (κ3) is 2.85. The van der Waals surface area contributed by atoms with Crippen LogP contribution in [0.25, 0.3) is 0 Å². The van der Waals surface area contributed by atoms with E-state index in [0.29, 0.717) is 56.5 Å². The van der Waals surface area contributed by atoms with Crippen molar-refractivity contribution in [1.29, 1.82) is 0 Å². The molecule has 8 atom stereocenters. The summed E-state index contributed by atoms with van der Waals surface area (Å²) >= 11 is 0. The highest BCUT2D eigenvalue weighted by Crippen LogP contribution is 2.69.